The molecule has 4 nitrogen and oxygen atoms in total. The molecule has 0 radical (unpaired) electrons. The number of nitrogens with two attached hydrogens (primary N) is 1. The zero-order valence-electron chi connectivity index (χ0n) is 8.88. The van der Waals surface area contributed by atoms with Crippen molar-refractivity contribution in [2.75, 3.05) is 6.54 Å². The second kappa shape index (κ2) is 3.35. The Morgan fingerprint density at radius 2 is 2.29 bits per heavy atom. The number of nitrogens with one attached hydrogen (secondary N) is 1. The fourth-order valence-electron chi connectivity index (χ4n) is 2.45. The average molecular weight is 194 g/mol. The van der Waals surface area contributed by atoms with E-state index in [-0.39, 0.29) is 0 Å². The summed E-state index contributed by atoms with van der Waals surface area (Å²) in [5.74, 6) is 0.498. The van der Waals surface area contributed by atoms with Gasteiger partial charge in [-0.3, -0.25) is 0 Å². The number of rotatable bonds is 2. The van der Waals surface area contributed by atoms with Gasteiger partial charge in [-0.2, -0.15) is 15.4 Å². The summed E-state index contributed by atoms with van der Waals surface area (Å²) in [6, 6.07) is 0. The van der Waals surface area contributed by atoms with Crippen molar-refractivity contribution < 1.29 is 0 Å². The molecule has 1 aliphatic rings. The van der Waals surface area contributed by atoms with Crippen molar-refractivity contribution in [1.29, 1.82) is 0 Å². The van der Waals surface area contributed by atoms with Gasteiger partial charge in [-0.15, -0.1) is 0 Å². The molecule has 0 fully saturated rings. The molecule has 0 amide bonds. The maximum Gasteiger partial charge on any atom is 0.0888 e. The maximum absolute atomic E-state index is 5.62. The van der Waals surface area contributed by atoms with Crippen molar-refractivity contribution in [1.82, 2.24) is 15.4 Å². The monoisotopic (exact) mass is 194 g/mol. The first-order valence-electron chi connectivity index (χ1n) is 5.22. The predicted molar refractivity (Wildman–Crippen MR) is 54.9 cm³/mol. The third kappa shape index (κ3) is 1.66. The molecule has 14 heavy (non-hydrogen) atoms. The van der Waals surface area contributed by atoms with Crippen LogP contribution in [-0.4, -0.2) is 22.0 Å². The van der Waals surface area contributed by atoms with Crippen LogP contribution in [0.1, 0.15) is 44.0 Å². The zero-order chi connectivity index (χ0) is 10.2. The van der Waals surface area contributed by atoms with Crippen molar-refractivity contribution in [3.8, 4) is 0 Å². The Bertz CT molecular complexity index is 316. The maximum atomic E-state index is 5.62. The van der Waals surface area contributed by atoms with E-state index >= 15 is 0 Å². The van der Waals surface area contributed by atoms with E-state index in [2.05, 4.69) is 29.3 Å². The van der Waals surface area contributed by atoms with Gasteiger partial charge in [0.2, 0.25) is 0 Å². The van der Waals surface area contributed by atoms with Crippen LogP contribution in [0.15, 0.2) is 0 Å². The van der Waals surface area contributed by atoms with Gasteiger partial charge in [0.15, 0.2) is 0 Å². The highest BCUT2D eigenvalue weighted by atomic mass is 15.3. The van der Waals surface area contributed by atoms with Crippen LogP contribution in [0.3, 0.4) is 0 Å². The molecule has 0 saturated heterocycles. The molecule has 1 atom stereocenters. The summed E-state index contributed by atoms with van der Waals surface area (Å²) in [7, 11) is 0. The van der Waals surface area contributed by atoms with Crippen molar-refractivity contribution >= 4 is 0 Å². The summed E-state index contributed by atoms with van der Waals surface area (Å²) in [4.78, 5) is 0. The molecule has 0 spiro atoms. The van der Waals surface area contributed by atoms with E-state index in [1.807, 2.05) is 0 Å². The van der Waals surface area contributed by atoms with E-state index in [9.17, 15) is 0 Å². The zero-order valence-corrected chi connectivity index (χ0v) is 8.88. The molecule has 1 aliphatic carbocycles. The second-order valence-electron chi connectivity index (χ2n) is 4.97. The van der Waals surface area contributed by atoms with Gasteiger partial charge >= 0.3 is 0 Å². The van der Waals surface area contributed by atoms with Gasteiger partial charge in [-0.25, -0.2) is 0 Å². The molecule has 3 N–H and O–H groups in total. The van der Waals surface area contributed by atoms with Gasteiger partial charge in [0, 0.05) is 5.92 Å². The second-order valence-corrected chi connectivity index (χ2v) is 4.97. The fraction of sp³-hybridized carbons (Fsp3) is 0.800. The van der Waals surface area contributed by atoms with Crippen LogP contribution in [0, 0.1) is 5.41 Å². The number of fused-ring (bicyclic) bond motifs is 1. The smallest absolute Gasteiger partial charge is 0.0888 e. The minimum atomic E-state index is 0.337. The van der Waals surface area contributed by atoms with Crippen LogP contribution in [0.25, 0.3) is 0 Å². The van der Waals surface area contributed by atoms with Crippen LogP contribution in [0.4, 0.5) is 0 Å². The Morgan fingerprint density at radius 1 is 1.50 bits per heavy atom. The lowest BCUT2D eigenvalue weighted by molar-refractivity contribution is 0.270. The highest BCUT2D eigenvalue weighted by Gasteiger charge is 2.34. The van der Waals surface area contributed by atoms with Crippen LogP contribution in [0.5, 0.6) is 0 Å². The van der Waals surface area contributed by atoms with Gasteiger partial charge in [-0.1, -0.05) is 13.8 Å². The standard InChI is InChI=1S/C10H18N4/c1-10(2)5-7(3-4-11)9-8(6-10)12-14-13-9/h7H,3-6,11H2,1-2H3,(H,12,13,14). The van der Waals surface area contributed by atoms with Crippen LogP contribution < -0.4 is 5.73 Å². The summed E-state index contributed by atoms with van der Waals surface area (Å²) >= 11 is 0. The number of aromatic amines is 1. The summed E-state index contributed by atoms with van der Waals surface area (Å²) in [5, 5.41) is 11.2. The van der Waals surface area contributed by atoms with Crippen LogP contribution >= 0.6 is 0 Å². The van der Waals surface area contributed by atoms with Crippen molar-refractivity contribution in [3.05, 3.63) is 11.4 Å². The first-order chi connectivity index (χ1) is 6.62. The molecule has 2 rings (SSSR count). The highest BCUT2D eigenvalue weighted by molar-refractivity contribution is 5.20. The summed E-state index contributed by atoms with van der Waals surface area (Å²) in [5.41, 5.74) is 8.24. The van der Waals surface area contributed by atoms with Gasteiger partial charge < -0.3 is 5.73 Å². The molecule has 1 heterocycles. The Hall–Kier alpha value is -0.900. The van der Waals surface area contributed by atoms with Gasteiger partial charge in [-0.05, 0) is 31.2 Å². The molecular formula is C10H18N4. The number of aromatic nitrogens is 3. The molecule has 1 aromatic rings. The fourth-order valence-corrected chi connectivity index (χ4v) is 2.45. The molecule has 4 heteroatoms. The third-order valence-electron chi connectivity index (χ3n) is 3.00. The number of H-pyrrole nitrogens is 1. The Morgan fingerprint density at radius 3 is 3.00 bits per heavy atom. The number of nitrogens with zero attached hydrogens (tertiary/aromatic N) is 2. The largest absolute Gasteiger partial charge is 0.330 e. The van der Waals surface area contributed by atoms with E-state index in [4.69, 9.17) is 5.73 Å². The van der Waals surface area contributed by atoms with E-state index in [1.165, 1.54) is 6.42 Å². The summed E-state index contributed by atoms with van der Waals surface area (Å²) < 4.78 is 0. The normalized spacial score (nSPS) is 24.6. The minimum absolute atomic E-state index is 0.337. The first kappa shape index (κ1) is 9.65. The summed E-state index contributed by atoms with van der Waals surface area (Å²) in [6.45, 7) is 5.30. The molecule has 0 aromatic carbocycles. The topological polar surface area (TPSA) is 67.6 Å². The van der Waals surface area contributed by atoms with Crippen molar-refractivity contribution in [3.63, 3.8) is 0 Å². The van der Waals surface area contributed by atoms with E-state index in [1.54, 1.807) is 0 Å². The lowest BCUT2D eigenvalue weighted by atomic mass is 9.72. The number of hydrogen-bond acceptors (Lipinski definition) is 3. The molecular weight excluding hydrogens is 176 g/mol. The average Bonchev–Trinajstić information content (AvgIpc) is 2.50. The molecule has 0 bridgehead atoms. The Labute approximate surface area is 84.3 Å². The molecule has 1 unspecified atom stereocenters. The number of hydrogen-bond donors (Lipinski definition) is 2. The molecule has 0 saturated carbocycles. The first-order valence-corrected chi connectivity index (χ1v) is 5.22. The van der Waals surface area contributed by atoms with Gasteiger partial charge in [0.05, 0.1) is 11.4 Å². The van der Waals surface area contributed by atoms with Crippen molar-refractivity contribution in [2.24, 2.45) is 11.1 Å². The van der Waals surface area contributed by atoms with E-state index < -0.39 is 0 Å². The SMILES string of the molecule is CC1(C)Cc2n[nH]nc2C(CCN)C1. The molecule has 1 aromatic heterocycles. The van der Waals surface area contributed by atoms with Gasteiger partial charge in [0.25, 0.3) is 0 Å². The predicted octanol–water partition coefficient (Wildman–Crippen LogP) is 1.21. The van der Waals surface area contributed by atoms with Crippen molar-refractivity contribution in [2.45, 2.75) is 39.0 Å². The lowest BCUT2D eigenvalue weighted by Gasteiger charge is -2.33. The molecule has 78 valence electrons. The molecule has 0 aliphatic heterocycles. The Kier molecular flexibility index (Phi) is 2.31. The van der Waals surface area contributed by atoms with Crippen LogP contribution in [0.2, 0.25) is 0 Å². The quantitative estimate of drug-likeness (QED) is 0.743. The van der Waals surface area contributed by atoms with E-state index in [0.29, 0.717) is 11.3 Å². The van der Waals surface area contributed by atoms with Gasteiger partial charge in [0.1, 0.15) is 0 Å². The lowest BCUT2D eigenvalue weighted by Crippen LogP contribution is -2.27. The van der Waals surface area contributed by atoms with Crippen LogP contribution in [-0.2, 0) is 6.42 Å². The van der Waals surface area contributed by atoms with E-state index in [0.717, 1.165) is 30.8 Å². The minimum Gasteiger partial charge on any atom is -0.330 e. The summed E-state index contributed by atoms with van der Waals surface area (Å²) in [6.07, 6.45) is 3.21. The third-order valence-corrected chi connectivity index (χ3v) is 3.00. The Balaban J connectivity index is 2.28. The highest BCUT2D eigenvalue weighted by Crippen LogP contribution is 2.41.